The van der Waals surface area contributed by atoms with Crippen LogP contribution in [-0.4, -0.2) is 36.8 Å². The molecule has 1 unspecified atom stereocenters. The maximum absolute atomic E-state index is 12.1. The molecular formula is C20H19ClO5. The molecule has 1 fully saturated rings. The number of ether oxygens (including phenoxy) is 3. The Bertz CT molecular complexity index is 671. The molecule has 2 aromatic carbocycles. The standard InChI is InChI=1S/C20H19ClO5/c21-18-11-16(12-24-19(22)14-7-3-1-4-8-14)17(26-18)13-25-20(23)15-9-5-2-6-10-15/h1-10,16-18H,11-13H2/t16-,17-,18?/m1/s1. The molecule has 2 aromatic rings. The normalized spacial score (nSPS) is 22.0. The molecule has 26 heavy (non-hydrogen) atoms. The molecule has 0 aliphatic carbocycles. The number of benzene rings is 2. The summed E-state index contributed by atoms with van der Waals surface area (Å²) in [7, 11) is 0. The summed E-state index contributed by atoms with van der Waals surface area (Å²) in [5.41, 5.74) is 0.469. The molecule has 0 aromatic heterocycles. The Labute approximate surface area is 156 Å². The fourth-order valence-electron chi connectivity index (χ4n) is 2.75. The summed E-state index contributed by atoms with van der Waals surface area (Å²) in [6.45, 7) is 0.217. The largest absolute Gasteiger partial charge is 0.462 e. The predicted molar refractivity (Wildman–Crippen MR) is 96.1 cm³/mol. The molecule has 6 heteroatoms. The lowest BCUT2D eigenvalue weighted by Crippen LogP contribution is -2.28. The van der Waals surface area contributed by atoms with Crippen molar-refractivity contribution >= 4 is 23.5 Å². The van der Waals surface area contributed by atoms with E-state index < -0.39 is 23.6 Å². The van der Waals surface area contributed by atoms with E-state index in [2.05, 4.69) is 0 Å². The van der Waals surface area contributed by atoms with Gasteiger partial charge in [0.15, 0.2) is 0 Å². The van der Waals surface area contributed by atoms with Crippen molar-refractivity contribution in [3.05, 3.63) is 71.8 Å². The Morgan fingerprint density at radius 2 is 1.38 bits per heavy atom. The Morgan fingerprint density at radius 1 is 0.885 bits per heavy atom. The van der Waals surface area contributed by atoms with E-state index in [9.17, 15) is 9.59 Å². The molecule has 1 aliphatic heterocycles. The number of hydrogen-bond acceptors (Lipinski definition) is 5. The average molecular weight is 375 g/mol. The van der Waals surface area contributed by atoms with Crippen LogP contribution in [0.3, 0.4) is 0 Å². The van der Waals surface area contributed by atoms with Gasteiger partial charge in [-0.1, -0.05) is 48.0 Å². The molecule has 3 atom stereocenters. The molecule has 1 heterocycles. The fraction of sp³-hybridized carbons (Fsp3) is 0.300. The van der Waals surface area contributed by atoms with Crippen molar-refractivity contribution in [2.45, 2.75) is 18.1 Å². The lowest BCUT2D eigenvalue weighted by molar-refractivity contribution is -0.0114. The first kappa shape index (κ1) is 18.4. The van der Waals surface area contributed by atoms with E-state index in [1.165, 1.54) is 0 Å². The molecule has 0 radical (unpaired) electrons. The second-order valence-electron chi connectivity index (χ2n) is 6.01. The summed E-state index contributed by atoms with van der Waals surface area (Å²) in [6, 6.07) is 17.5. The van der Waals surface area contributed by atoms with Crippen molar-refractivity contribution in [3.8, 4) is 0 Å². The van der Waals surface area contributed by atoms with Gasteiger partial charge >= 0.3 is 11.9 Å². The van der Waals surface area contributed by atoms with Crippen LogP contribution in [0, 0.1) is 5.92 Å². The number of rotatable bonds is 6. The van der Waals surface area contributed by atoms with Gasteiger partial charge in [-0.05, 0) is 30.7 Å². The van der Waals surface area contributed by atoms with Gasteiger partial charge in [-0.15, -0.1) is 0 Å². The maximum atomic E-state index is 12.1. The van der Waals surface area contributed by atoms with Gasteiger partial charge in [-0.3, -0.25) is 0 Å². The van der Waals surface area contributed by atoms with Crippen LogP contribution in [0.4, 0.5) is 0 Å². The van der Waals surface area contributed by atoms with E-state index in [0.717, 1.165) is 0 Å². The Balaban J connectivity index is 1.52. The maximum Gasteiger partial charge on any atom is 0.338 e. The van der Waals surface area contributed by atoms with Crippen LogP contribution in [0.25, 0.3) is 0 Å². The number of esters is 2. The highest BCUT2D eigenvalue weighted by molar-refractivity contribution is 6.19. The van der Waals surface area contributed by atoms with Gasteiger partial charge in [0.05, 0.1) is 23.8 Å². The molecule has 0 N–H and O–H groups in total. The first-order chi connectivity index (χ1) is 12.6. The van der Waals surface area contributed by atoms with Crippen molar-refractivity contribution in [2.24, 2.45) is 5.92 Å². The molecule has 5 nitrogen and oxygen atoms in total. The summed E-state index contributed by atoms with van der Waals surface area (Å²) >= 11 is 6.06. The molecule has 0 amide bonds. The van der Waals surface area contributed by atoms with Crippen LogP contribution in [0.1, 0.15) is 27.1 Å². The minimum Gasteiger partial charge on any atom is -0.462 e. The van der Waals surface area contributed by atoms with E-state index in [1.807, 2.05) is 12.1 Å². The van der Waals surface area contributed by atoms with Crippen LogP contribution in [0.5, 0.6) is 0 Å². The van der Waals surface area contributed by atoms with E-state index in [4.69, 9.17) is 25.8 Å². The van der Waals surface area contributed by atoms with Gasteiger partial charge in [0.2, 0.25) is 0 Å². The minimum atomic E-state index is -0.490. The summed E-state index contributed by atoms with van der Waals surface area (Å²) in [4.78, 5) is 24.1. The summed E-state index contributed by atoms with van der Waals surface area (Å²) in [5, 5.41) is 0. The quantitative estimate of drug-likeness (QED) is 0.570. The number of carbonyl (C=O) groups excluding carboxylic acids is 2. The third-order valence-corrected chi connectivity index (χ3v) is 4.44. The zero-order valence-corrected chi connectivity index (χ0v) is 14.8. The summed E-state index contributed by atoms with van der Waals surface area (Å²) in [6.07, 6.45) is 0.116. The molecule has 3 rings (SSSR count). The highest BCUT2D eigenvalue weighted by atomic mass is 35.5. The van der Waals surface area contributed by atoms with Crippen LogP contribution < -0.4 is 0 Å². The average Bonchev–Trinajstić information content (AvgIpc) is 3.05. The first-order valence-electron chi connectivity index (χ1n) is 8.37. The molecule has 0 spiro atoms. The van der Waals surface area contributed by atoms with Crippen LogP contribution in [0.15, 0.2) is 60.7 Å². The molecule has 1 saturated heterocycles. The molecular weight excluding hydrogens is 356 g/mol. The van der Waals surface area contributed by atoms with E-state index in [-0.39, 0.29) is 19.1 Å². The van der Waals surface area contributed by atoms with Crippen LogP contribution in [0.2, 0.25) is 0 Å². The number of alkyl halides is 1. The number of halogens is 1. The van der Waals surface area contributed by atoms with Crippen LogP contribution in [-0.2, 0) is 14.2 Å². The Hall–Kier alpha value is -2.37. The van der Waals surface area contributed by atoms with Gasteiger partial charge in [0.1, 0.15) is 12.2 Å². The summed E-state index contributed by atoms with van der Waals surface area (Å²) < 4.78 is 16.3. The number of hydrogen-bond donors (Lipinski definition) is 0. The lowest BCUT2D eigenvalue weighted by atomic mass is 10.0. The van der Waals surface area contributed by atoms with Crippen molar-refractivity contribution < 1.29 is 23.8 Å². The Morgan fingerprint density at radius 3 is 1.92 bits per heavy atom. The van der Waals surface area contributed by atoms with Gasteiger partial charge in [-0.25, -0.2) is 9.59 Å². The van der Waals surface area contributed by atoms with E-state index in [0.29, 0.717) is 17.5 Å². The minimum absolute atomic E-state index is 0.0600. The van der Waals surface area contributed by atoms with Crippen molar-refractivity contribution in [2.75, 3.05) is 13.2 Å². The van der Waals surface area contributed by atoms with Gasteiger partial charge < -0.3 is 14.2 Å². The monoisotopic (exact) mass is 374 g/mol. The lowest BCUT2D eigenvalue weighted by Gasteiger charge is -2.18. The molecule has 136 valence electrons. The third-order valence-electron chi connectivity index (χ3n) is 4.16. The fourth-order valence-corrected chi connectivity index (χ4v) is 3.11. The highest BCUT2D eigenvalue weighted by Crippen LogP contribution is 2.29. The first-order valence-corrected chi connectivity index (χ1v) is 8.81. The highest BCUT2D eigenvalue weighted by Gasteiger charge is 2.36. The van der Waals surface area contributed by atoms with Crippen molar-refractivity contribution in [3.63, 3.8) is 0 Å². The third kappa shape index (κ3) is 4.84. The molecule has 0 bridgehead atoms. The van der Waals surface area contributed by atoms with Gasteiger partial charge in [0.25, 0.3) is 0 Å². The zero-order chi connectivity index (χ0) is 18.4. The molecule has 0 saturated carbocycles. The van der Waals surface area contributed by atoms with E-state index in [1.54, 1.807) is 48.5 Å². The molecule has 1 aliphatic rings. The predicted octanol–water partition coefficient (Wildman–Crippen LogP) is 3.67. The van der Waals surface area contributed by atoms with Crippen LogP contribution >= 0.6 is 11.6 Å². The van der Waals surface area contributed by atoms with Crippen molar-refractivity contribution in [1.82, 2.24) is 0 Å². The second-order valence-corrected chi connectivity index (χ2v) is 6.50. The SMILES string of the molecule is O=C(OC[C@H]1CC(Cl)O[C@@H]1COC(=O)c1ccccc1)c1ccccc1. The zero-order valence-electron chi connectivity index (χ0n) is 14.0. The number of carbonyl (C=O) groups is 2. The van der Waals surface area contributed by atoms with Gasteiger partial charge in [0, 0.05) is 5.92 Å². The van der Waals surface area contributed by atoms with E-state index >= 15 is 0 Å². The summed E-state index contributed by atoms with van der Waals surface area (Å²) in [5.74, 6) is -0.954. The van der Waals surface area contributed by atoms with Crippen molar-refractivity contribution in [1.29, 1.82) is 0 Å². The second kappa shape index (κ2) is 8.83. The Kier molecular flexibility index (Phi) is 6.26. The van der Waals surface area contributed by atoms with Gasteiger partial charge in [-0.2, -0.15) is 0 Å². The topological polar surface area (TPSA) is 61.8 Å². The smallest absolute Gasteiger partial charge is 0.338 e.